The lowest BCUT2D eigenvalue weighted by atomic mass is 10.1. The molecule has 0 saturated carbocycles. The Labute approximate surface area is 172 Å². The highest BCUT2D eigenvalue weighted by Crippen LogP contribution is 2.28. The number of aromatic nitrogens is 3. The third kappa shape index (κ3) is 4.62. The standard InChI is InChI=1S/C22H17ClN4O2/c23-20-9-6-16(13-19(20)21-25-11-12-26-21)27-22(28)15-4-7-18(8-5-15)29-14-17-3-1-2-10-24-17/h1-13H,14H2,(H,25,26)(H,27,28). The quantitative estimate of drug-likeness (QED) is 0.476. The highest BCUT2D eigenvalue weighted by atomic mass is 35.5. The molecule has 0 unspecified atom stereocenters. The molecule has 0 bridgehead atoms. The largest absolute Gasteiger partial charge is 0.487 e. The van der Waals surface area contributed by atoms with Crippen LogP contribution in [0.25, 0.3) is 11.4 Å². The zero-order chi connectivity index (χ0) is 20.1. The third-order valence-electron chi connectivity index (χ3n) is 4.21. The summed E-state index contributed by atoms with van der Waals surface area (Å²) in [6.45, 7) is 0.368. The molecule has 0 spiro atoms. The van der Waals surface area contributed by atoms with Crippen molar-refractivity contribution in [1.29, 1.82) is 0 Å². The number of H-pyrrole nitrogens is 1. The smallest absolute Gasteiger partial charge is 0.255 e. The average molecular weight is 405 g/mol. The summed E-state index contributed by atoms with van der Waals surface area (Å²) in [5, 5.41) is 3.42. The van der Waals surface area contributed by atoms with Crippen LogP contribution in [-0.4, -0.2) is 20.9 Å². The van der Waals surface area contributed by atoms with Gasteiger partial charge in [0.25, 0.3) is 5.91 Å². The van der Waals surface area contributed by atoms with E-state index < -0.39 is 0 Å². The second kappa shape index (κ2) is 8.58. The Morgan fingerprint density at radius 2 is 1.90 bits per heavy atom. The van der Waals surface area contributed by atoms with Gasteiger partial charge in [-0.1, -0.05) is 17.7 Å². The monoisotopic (exact) mass is 404 g/mol. The number of pyridine rings is 1. The summed E-state index contributed by atoms with van der Waals surface area (Å²) in [6, 6.07) is 17.9. The Balaban J connectivity index is 1.42. The summed E-state index contributed by atoms with van der Waals surface area (Å²) in [6.07, 6.45) is 5.09. The van der Waals surface area contributed by atoms with E-state index in [9.17, 15) is 4.79 Å². The second-order valence-electron chi connectivity index (χ2n) is 6.22. The molecular weight excluding hydrogens is 388 g/mol. The Kier molecular flexibility index (Phi) is 5.54. The number of carbonyl (C=O) groups excluding carboxylic acids is 1. The van der Waals surface area contributed by atoms with Crippen molar-refractivity contribution >= 4 is 23.2 Å². The van der Waals surface area contributed by atoms with Crippen LogP contribution in [0.4, 0.5) is 5.69 Å². The fraction of sp³-hybridized carbons (Fsp3) is 0.0455. The maximum Gasteiger partial charge on any atom is 0.255 e. The molecule has 0 saturated heterocycles. The van der Waals surface area contributed by atoms with Gasteiger partial charge in [0.1, 0.15) is 18.2 Å². The minimum absolute atomic E-state index is 0.228. The zero-order valence-electron chi connectivity index (χ0n) is 15.3. The van der Waals surface area contributed by atoms with Crippen LogP contribution in [-0.2, 0) is 6.61 Å². The number of benzene rings is 2. The summed E-state index contributed by atoms with van der Waals surface area (Å²) < 4.78 is 5.70. The molecule has 2 N–H and O–H groups in total. The van der Waals surface area contributed by atoms with Crippen molar-refractivity contribution in [3.63, 3.8) is 0 Å². The van der Waals surface area contributed by atoms with Crippen molar-refractivity contribution in [3.8, 4) is 17.1 Å². The lowest BCUT2D eigenvalue weighted by Crippen LogP contribution is -2.11. The highest BCUT2D eigenvalue weighted by Gasteiger charge is 2.10. The normalized spacial score (nSPS) is 10.5. The molecule has 2 heterocycles. The first-order valence-electron chi connectivity index (χ1n) is 8.92. The van der Waals surface area contributed by atoms with Gasteiger partial charge in [0, 0.05) is 35.4 Å². The van der Waals surface area contributed by atoms with Crippen molar-refractivity contribution in [1.82, 2.24) is 15.0 Å². The van der Waals surface area contributed by atoms with E-state index in [1.807, 2.05) is 18.2 Å². The van der Waals surface area contributed by atoms with Gasteiger partial charge in [-0.15, -0.1) is 0 Å². The van der Waals surface area contributed by atoms with E-state index >= 15 is 0 Å². The molecule has 2 aromatic carbocycles. The number of nitrogens with one attached hydrogen (secondary N) is 2. The van der Waals surface area contributed by atoms with Crippen molar-refractivity contribution < 1.29 is 9.53 Å². The minimum Gasteiger partial charge on any atom is -0.487 e. The van der Waals surface area contributed by atoms with Gasteiger partial charge in [-0.25, -0.2) is 4.98 Å². The van der Waals surface area contributed by atoms with E-state index in [4.69, 9.17) is 16.3 Å². The number of rotatable bonds is 6. The van der Waals surface area contributed by atoms with Crippen LogP contribution in [0.5, 0.6) is 5.75 Å². The van der Waals surface area contributed by atoms with Crippen LogP contribution in [0.2, 0.25) is 5.02 Å². The number of nitrogens with zero attached hydrogens (tertiary/aromatic N) is 2. The van der Waals surface area contributed by atoms with E-state index in [0.717, 1.165) is 5.69 Å². The van der Waals surface area contributed by atoms with Gasteiger partial charge in [0.05, 0.1) is 10.7 Å². The van der Waals surface area contributed by atoms with Gasteiger partial charge >= 0.3 is 0 Å². The van der Waals surface area contributed by atoms with Crippen LogP contribution in [0, 0.1) is 0 Å². The number of hydrogen-bond acceptors (Lipinski definition) is 4. The molecule has 6 nitrogen and oxygen atoms in total. The molecule has 29 heavy (non-hydrogen) atoms. The minimum atomic E-state index is -0.228. The van der Waals surface area contributed by atoms with Crippen LogP contribution < -0.4 is 10.1 Å². The molecule has 0 aliphatic rings. The SMILES string of the molecule is O=C(Nc1ccc(Cl)c(-c2ncc[nH]2)c1)c1ccc(OCc2ccccn2)cc1. The molecule has 4 rings (SSSR count). The first-order chi connectivity index (χ1) is 14.2. The van der Waals surface area contributed by atoms with Crippen molar-refractivity contribution in [2.45, 2.75) is 6.61 Å². The van der Waals surface area contributed by atoms with Crippen molar-refractivity contribution in [2.75, 3.05) is 5.32 Å². The lowest BCUT2D eigenvalue weighted by molar-refractivity contribution is 0.102. The van der Waals surface area contributed by atoms with Gasteiger partial charge < -0.3 is 15.0 Å². The Morgan fingerprint density at radius 3 is 2.62 bits per heavy atom. The predicted octanol–water partition coefficient (Wildman–Crippen LogP) is 4.96. The van der Waals surface area contributed by atoms with E-state index in [1.165, 1.54) is 0 Å². The maximum absolute atomic E-state index is 12.6. The summed E-state index contributed by atoms with van der Waals surface area (Å²) in [5.41, 5.74) is 2.70. The summed E-state index contributed by atoms with van der Waals surface area (Å²) in [4.78, 5) is 24.0. The number of halogens is 1. The maximum atomic E-state index is 12.6. The highest BCUT2D eigenvalue weighted by molar-refractivity contribution is 6.33. The fourth-order valence-electron chi connectivity index (χ4n) is 2.74. The Bertz CT molecular complexity index is 1100. The van der Waals surface area contributed by atoms with Crippen LogP contribution in [0.15, 0.2) is 79.3 Å². The van der Waals surface area contributed by atoms with E-state index in [1.54, 1.807) is 61.1 Å². The molecule has 0 atom stereocenters. The first kappa shape index (κ1) is 18.7. The molecule has 144 valence electrons. The van der Waals surface area contributed by atoms with Crippen LogP contribution >= 0.6 is 11.6 Å². The lowest BCUT2D eigenvalue weighted by Gasteiger charge is -2.09. The topological polar surface area (TPSA) is 79.9 Å². The molecular formula is C22H17ClN4O2. The number of aromatic amines is 1. The van der Waals surface area contributed by atoms with Gasteiger partial charge in [-0.3, -0.25) is 9.78 Å². The molecule has 0 aliphatic carbocycles. The van der Waals surface area contributed by atoms with Gasteiger partial charge in [-0.05, 0) is 54.6 Å². The Morgan fingerprint density at radius 1 is 1.03 bits per heavy atom. The number of imidazole rings is 1. The molecule has 1 amide bonds. The number of amides is 1. The molecule has 0 radical (unpaired) electrons. The molecule has 2 aromatic heterocycles. The number of anilines is 1. The molecule has 0 aliphatic heterocycles. The average Bonchev–Trinajstić information content (AvgIpc) is 3.29. The number of ether oxygens (including phenoxy) is 1. The molecule has 0 fully saturated rings. The first-order valence-corrected chi connectivity index (χ1v) is 9.30. The third-order valence-corrected chi connectivity index (χ3v) is 4.54. The van der Waals surface area contributed by atoms with Crippen LogP contribution in [0.1, 0.15) is 16.1 Å². The predicted molar refractivity (Wildman–Crippen MR) is 112 cm³/mol. The van der Waals surface area contributed by atoms with Crippen molar-refractivity contribution in [2.24, 2.45) is 0 Å². The fourth-order valence-corrected chi connectivity index (χ4v) is 2.95. The molecule has 7 heteroatoms. The van der Waals surface area contributed by atoms with Gasteiger partial charge in [0.15, 0.2) is 0 Å². The Hall–Kier alpha value is -3.64. The van der Waals surface area contributed by atoms with Gasteiger partial charge in [0.2, 0.25) is 0 Å². The van der Waals surface area contributed by atoms with Crippen molar-refractivity contribution in [3.05, 3.63) is 95.5 Å². The van der Waals surface area contributed by atoms with Gasteiger partial charge in [-0.2, -0.15) is 0 Å². The summed E-state index contributed by atoms with van der Waals surface area (Å²) in [7, 11) is 0. The van der Waals surface area contributed by atoms with E-state index in [-0.39, 0.29) is 5.91 Å². The number of carbonyl (C=O) groups is 1. The van der Waals surface area contributed by atoms with E-state index in [0.29, 0.717) is 40.0 Å². The summed E-state index contributed by atoms with van der Waals surface area (Å²) >= 11 is 6.24. The van der Waals surface area contributed by atoms with Crippen LogP contribution in [0.3, 0.4) is 0 Å². The zero-order valence-corrected chi connectivity index (χ0v) is 16.1. The summed E-state index contributed by atoms with van der Waals surface area (Å²) in [5.74, 6) is 1.08. The number of hydrogen-bond donors (Lipinski definition) is 2. The van der Waals surface area contributed by atoms with E-state index in [2.05, 4.69) is 20.3 Å². The second-order valence-corrected chi connectivity index (χ2v) is 6.63. The molecule has 4 aromatic rings.